The second kappa shape index (κ2) is 15.8. The van der Waals surface area contributed by atoms with E-state index in [0.29, 0.717) is 0 Å². The van der Waals surface area contributed by atoms with Gasteiger partial charge in [-0.3, -0.25) is 4.79 Å². The molecule has 2 N–H and O–H groups in total. The van der Waals surface area contributed by atoms with Gasteiger partial charge in [-0.05, 0) is 0 Å². The Labute approximate surface area is 69.4 Å². The molecule has 0 aliphatic rings. The number of rotatable bonds is 0. The number of carboxylic acid groups (broad SMARTS) is 1. The van der Waals surface area contributed by atoms with Gasteiger partial charge >= 0.3 is 29.6 Å². The van der Waals surface area contributed by atoms with Crippen molar-refractivity contribution in [2.24, 2.45) is 5.34 Å². The minimum atomic E-state index is -0.833. The fourth-order valence-corrected chi connectivity index (χ4v) is 0. The van der Waals surface area contributed by atoms with Crippen LogP contribution in [0.5, 0.6) is 0 Å². The van der Waals surface area contributed by atoms with Crippen molar-refractivity contribution >= 4 is 5.97 Å². The molecule has 0 saturated heterocycles. The van der Waals surface area contributed by atoms with Crippen molar-refractivity contribution < 1.29 is 46.1 Å². The Bertz CT molecular complexity index is 65.6. The number of hydrogen-bond donors (Lipinski definition) is 2. The Hall–Kier alpha value is -0.130. The Morgan fingerprint density at radius 1 is 1.75 bits per heavy atom. The van der Waals surface area contributed by atoms with Gasteiger partial charge < -0.3 is 11.7 Å². The van der Waals surface area contributed by atoms with Gasteiger partial charge in [0.05, 0.1) is 0 Å². The Morgan fingerprint density at radius 3 is 1.75 bits per heavy atom. The Kier molecular flexibility index (Phi) is 30.9. The molecule has 0 aromatic heterocycles. The molecule has 0 fully saturated rings. The number of nitrogens with zero attached hydrogens (tertiary/aromatic N) is 1. The zero-order valence-corrected chi connectivity index (χ0v) is 6.66. The monoisotopic (exact) mass is 131 g/mol. The van der Waals surface area contributed by atoms with Crippen LogP contribution in [0.4, 0.5) is 0 Å². The van der Waals surface area contributed by atoms with Crippen molar-refractivity contribution in [3.05, 3.63) is 4.91 Å². The second-order valence-electron chi connectivity index (χ2n) is 0.601. The summed E-state index contributed by atoms with van der Waals surface area (Å²) < 4.78 is 0. The first-order valence-electron chi connectivity index (χ1n) is 1.31. The van der Waals surface area contributed by atoms with Gasteiger partial charge in [-0.2, -0.15) is 0 Å². The van der Waals surface area contributed by atoms with E-state index in [1.165, 1.54) is 5.34 Å². The van der Waals surface area contributed by atoms with E-state index < -0.39 is 5.97 Å². The smallest absolute Gasteiger partial charge is 1.00 e. The summed E-state index contributed by atoms with van der Waals surface area (Å²) in [4.78, 5) is 17.1. The van der Waals surface area contributed by atoms with Crippen LogP contribution < -0.4 is 29.6 Å². The maximum absolute atomic E-state index is 9.00. The zero-order chi connectivity index (χ0) is 6.28. The van der Waals surface area contributed by atoms with Gasteiger partial charge in [0, 0.05) is 6.92 Å². The van der Waals surface area contributed by atoms with Gasteiger partial charge in [0.25, 0.3) is 5.97 Å². The summed E-state index contributed by atoms with van der Waals surface area (Å²) in [7, 11) is 0. The summed E-state index contributed by atoms with van der Waals surface area (Å²) in [5.74, 6) is -0.833. The Morgan fingerprint density at radius 2 is 1.75 bits per heavy atom. The number of carboxylic acids is 1. The van der Waals surface area contributed by atoms with E-state index in [-0.39, 0.29) is 31.0 Å². The molecule has 0 amide bonds. The maximum Gasteiger partial charge on any atom is 1.00 e. The van der Waals surface area contributed by atoms with Gasteiger partial charge in [-0.1, -0.05) is 0 Å². The molecule has 0 rings (SSSR count). The number of aliphatic carboxylic acids is 1. The molecule has 44 valence electrons. The molecule has 0 atom stereocenters. The topological polar surface area (TPSA) is 87.0 Å². The molecule has 0 aromatic rings. The molecule has 0 bridgehead atoms. The van der Waals surface area contributed by atoms with Crippen molar-refractivity contribution in [1.29, 1.82) is 0 Å². The fourth-order valence-electron chi connectivity index (χ4n) is 0. The molecule has 0 aliphatic heterocycles. The third kappa shape index (κ3) is 8240. The van der Waals surface area contributed by atoms with Gasteiger partial charge in [0.1, 0.15) is 0 Å². The van der Waals surface area contributed by atoms with Crippen molar-refractivity contribution in [1.82, 2.24) is 0 Å². The summed E-state index contributed by atoms with van der Waals surface area (Å²) >= 11 is 0. The van der Waals surface area contributed by atoms with Crippen LogP contribution in [0.2, 0.25) is 0 Å². The van der Waals surface area contributed by atoms with Crippen molar-refractivity contribution in [3.63, 3.8) is 0 Å². The van der Waals surface area contributed by atoms with E-state index >= 15 is 0 Å². The normalized spacial score (nSPS) is 4.62. The van der Waals surface area contributed by atoms with Crippen LogP contribution in [0.15, 0.2) is 5.34 Å². The summed E-state index contributed by atoms with van der Waals surface area (Å²) in [6.45, 7) is 1.08. The minimum absolute atomic E-state index is 0. The summed E-state index contributed by atoms with van der Waals surface area (Å²) in [5.41, 5.74) is 0. The van der Waals surface area contributed by atoms with E-state index in [1.807, 2.05) is 0 Å². The molecule has 0 heterocycles. The first-order chi connectivity index (χ1) is 3.15. The average Bonchev–Trinajstić information content (AvgIpc) is 1.33. The quantitative estimate of drug-likeness (QED) is 0.213. The second-order valence-corrected chi connectivity index (χ2v) is 0.601. The van der Waals surface area contributed by atoms with E-state index in [2.05, 4.69) is 0 Å². The summed E-state index contributed by atoms with van der Waals surface area (Å²) in [5, 5.41) is 15.3. The van der Waals surface area contributed by atoms with Crippen LogP contribution in [0.1, 0.15) is 8.35 Å². The van der Waals surface area contributed by atoms with Crippen LogP contribution in [-0.2, 0) is 4.79 Å². The molecule has 0 aromatic carbocycles. The molecule has 0 spiro atoms. The van der Waals surface area contributed by atoms with Crippen LogP contribution in [0, 0.1) is 4.91 Å². The predicted octanol–water partition coefficient (Wildman–Crippen LogP) is -2.65. The molecule has 8 heavy (non-hydrogen) atoms. The van der Waals surface area contributed by atoms with Crippen molar-refractivity contribution in [2.45, 2.75) is 6.92 Å². The molecule has 0 radical (unpaired) electrons. The molecule has 5 nitrogen and oxygen atoms in total. The number of carbonyl (C=O) groups is 1. The summed E-state index contributed by atoms with van der Waals surface area (Å²) in [6, 6.07) is 0. The first kappa shape index (κ1) is 15.7. The first-order valence-corrected chi connectivity index (χ1v) is 1.31. The van der Waals surface area contributed by atoms with Gasteiger partial charge in [0.2, 0.25) is 0 Å². The fraction of sp³-hybridized carbons (Fsp3) is 0.500. The van der Waals surface area contributed by atoms with Gasteiger partial charge in [-0.25, -0.2) is 0 Å². The third-order valence-electron chi connectivity index (χ3n) is 0. The van der Waals surface area contributed by atoms with Crippen molar-refractivity contribution in [2.75, 3.05) is 0 Å². The largest absolute Gasteiger partial charge is 1.00 e. The number of hydrogen-bond acceptors (Lipinski definition) is 3. The van der Waals surface area contributed by atoms with Gasteiger partial charge in [0.15, 0.2) is 5.34 Å². The summed E-state index contributed by atoms with van der Waals surface area (Å²) in [6.07, 6.45) is 0. The van der Waals surface area contributed by atoms with Crippen molar-refractivity contribution in [3.8, 4) is 0 Å². The van der Waals surface area contributed by atoms with E-state index in [1.54, 1.807) is 0 Å². The maximum atomic E-state index is 9.00. The van der Waals surface area contributed by atoms with Crippen LogP contribution in [0.25, 0.3) is 0 Å². The molecular weight excluding hydrogens is 125 g/mol. The third-order valence-corrected chi connectivity index (χ3v) is 0. The standard InChI is InChI=1S/C2H4O2.HNO2.Na.H/c1-2(3)4;2-1-3;;/h1H3,(H,3,4);(H,2,3);;/q;;+1;-1. The SMILES string of the molecule is CC(=O)O.O=NO.[H-].[Na+]. The Balaban J connectivity index is -0.0000000233. The van der Waals surface area contributed by atoms with E-state index in [0.717, 1.165) is 6.92 Å². The molecule has 0 aliphatic carbocycles. The average molecular weight is 131 g/mol. The van der Waals surface area contributed by atoms with Crippen LogP contribution in [-0.4, -0.2) is 16.3 Å². The van der Waals surface area contributed by atoms with Crippen LogP contribution in [0.3, 0.4) is 0 Å². The molecule has 6 heteroatoms. The predicted molar refractivity (Wildman–Crippen MR) is 22.0 cm³/mol. The van der Waals surface area contributed by atoms with E-state index in [9.17, 15) is 0 Å². The molecule has 0 saturated carbocycles. The zero-order valence-electron chi connectivity index (χ0n) is 5.66. The minimum Gasteiger partial charge on any atom is -1.00 e. The molecular formula is C2H6NNaO4. The molecule has 0 unspecified atom stereocenters. The van der Waals surface area contributed by atoms with Gasteiger partial charge in [-0.15, -0.1) is 4.91 Å². The van der Waals surface area contributed by atoms with E-state index in [4.69, 9.17) is 20.0 Å². The van der Waals surface area contributed by atoms with Crippen LogP contribution >= 0.6 is 0 Å².